The highest BCUT2D eigenvalue weighted by Gasteiger charge is 2.25. The van der Waals surface area contributed by atoms with E-state index < -0.39 is 56.1 Å². The zero-order valence-electron chi connectivity index (χ0n) is 10.9. The molecule has 0 aliphatic rings. The van der Waals surface area contributed by atoms with Crippen LogP contribution in [0.3, 0.4) is 0 Å². The van der Waals surface area contributed by atoms with E-state index in [2.05, 4.69) is 0 Å². The first kappa shape index (κ1) is 17.6. The number of nitrogen functional groups attached to an aromatic ring is 1. The van der Waals surface area contributed by atoms with E-state index in [1.165, 1.54) is 0 Å². The maximum absolute atomic E-state index is 11.5. The van der Waals surface area contributed by atoms with E-state index in [1.54, 1.807) is 0 Å². The van der Waals surface area contributed by atoms with Crippen molar-refractivity contribution in [3.8, 4) is 0 Å². The predicted molar refractivity (Wildman–Crippen MR) is 77.8 cm³/mol. The van der Waals surface area contributed by atoms with E-state index in [-0.39, 0.29) is 5.39 Å². The smallest absolute Gasteiger partial charge is 0.296 e. The van der Waals surface area contributed by atoms with Crippen LogP contribution in [0.25, 0.3) is 10.8 Å². The zero-order valence-corrected chi connectivity index (χ0v) is 13.4. The monoisotopic (exact) mass is 383 g/mol. The quantitative estimate of drug-likeness (QED) is 0.419. The van der Waals surface area contributed by atoms with Crippen LogP contribution in [-0.2, 0) is 30.4 Å². The predicted octanol–water partition coefficient (Wildman–Crippen LogP) is 0.162. The molecule has 0 fully saturated rings. The first-order chi connectivity index (χ1) is 10.2. The summed E-state index contributed by atoms with van der Waals surface area (Å²) in [6.07, 6.45) is 0. The van der Waals surface area contributed by atoms with Gasteiger partial charge in [-0.3, -0.25) is 13.7 Å². The van der Waals surface area contributed by atoms with Gasteiger partial charge in [0.2, 0.25) is 0 Å². The Kier molecular flexibility index (Phi) is 3.91. The maximum Gasteiger partial charge on any atom is 0.296 e. The Hall–Kier alpha value is -1.77. The molecule has 0 amide bonds. The van der Waals surface area contributed by atoms with Crippen molar-refractivity contribution in [2.45, 2.75) is 14.7 Å². The van der Waals surface area contributed by atoms with Crippen molar-refractivity contribution >= 4 is 46.8 Å². The third-order valence-corrected chi connectivity index (χ3v) is 5.53. The van der Waals surface area contributed by atoms with Gasteiger partial charge in [-0.2, -0.15) is 25.3 Å². The molecule has 126 valence electrons. The number of anilines is 1. The third kappa shape index (κ3) is 3.29. The molecule has 23 heavy (non-hydrogen) atoms. The largest absolute Gasteiger partial charge is 0.397 e. The molecule has 0 heterocycles. The van der Waals surface area contributed by atoms with Gasteiger partial charge in [-0.15, -0.1) is 0 Å². The number of benzene rings is 2. The van der Waals surface area contributed by atoms with Gasteiger partial charge < -0.3 is 5.73 Å². The molecule has 0 aliphatic heterocycles. The molecule has 13 heteroatoms. The average molecular weight is 383 g/mol. The SMILES string of the molecule is Nc1c(S(=O)(=O)O)ccc2cc(S(=O)(=O)O)cc(S(=O)(=O)O)c12. The Labute approximate surface area is 130 Å². The van der Waals surface area contributed by atoms with Gasteiger partial charge in [0.25, 0.3) is 30.4 Å². The summed E-state index contributed by atoms with van der Waals surface area (Å²) in [4.78, 5) is -2.71. The third-order valence-electron chi connectivity index (χ3n) is 2.91. The van der Waals surface area contributed by atoms with Crippen molar-refractivity contribution in [3.05, 3.63) is 24.3 Å². The minimum atomic E-state index is -5.03. The Bertz CT molecular complexity index is 1130. The van der Waals surface area contributed by atoms with Crippen LogP contribution >= 0.6 is 0 Å². The van der Waals surface area contributed by atoms with Crippen LogP contribution in [0.2, 0.25) is 0 Å². The highest BCUT2D eigenvalue weighted by molar-refractivity contribution is 7.87. The Morgan fingerprint density at radius 2 is 1.26 bits per heavy atom. The van der Waals surface area contributed by atoms with Gasteiger partial charge in [0.1, 0.15) is 9.79 Å². The number of hydrogen-bond donors (Lipinski definition) is 4. The standard InChI is InChI=1S/C10H9NO9S3/c11-10-7(22(15,16)17)2-1-5-3-6(21(12,13)14)4-8(9(5)10)23(18,19)20/h1-4H,11H2,(H,12,13,14)(H,15,16,17)(H,18,19,20). The summed E-state index contributed by atoms with van der Waals surface area (Å²) in [6, 6.07) is 3.01. The van der Waals surface area contributed by atoms with Gasteiger partial charge in [0.05, 0.1) is 10.6 Å². The molecule has 10 nitrogen and oxygen atoms in total. The molecule has 2 aromatic carbocycles. The van der Waals surface area contributed by atoms with E-state index in [1.807, 2.05) is 0 Å². The fourth-order valence-electron chi connectivity index (χ4n) is 1.99. The number of rotatable bonds is 3. The summed E-state index contributed by atoms with van der Waals surface area (Å²) in [5, 5.41) is -0.715. The normalized spacial score (nSPS) is 13.3. The van der Waals surface area contributed by atoms with Gasteiger partial charge in [-0.05, 0) is 23.6 Å². The van der Waals surface area contributed by atoms with Crippen LogP contribution in [0.15, 0.2) is 39.0 Å². The zero-order chi connectivity index (χ0) is 17.8. The van der Waals surface area contributed by atoms with Crippen molar-refractivity contribution in [1.29, 1.82) is 0 Å². The molecule has 0 atom stereocenters. The molecule has 0 aromatic heterocycles. The van der Waals surface area contributed by atoms with Crippen LogP contribution in [0, 0.1) is 0 Å². The Balaban J connectivity index is 3.14. The second kappa shape index (κ2) is 5.12. The summed E-state index contributed by atoms with van der Waals surface area (Å²) < 4.78 is 95.0. The van der Waals surface area contributed by atoms with Gasteiger partial charge in [-0.25, -0.2) is 0 Å². The molecule has 0 saturated heterocycles. The van der Waals surface area contributed by atoms with Gasteiger partial charge in [-0.1, -0.05) is 6.07 Å². The minimum absolute atomic E-state index is 0.197. The first-order valence-corrected chi connectivity index (χ1v) is 9.83. The summed E-state index contributed by atoms with van der Waals surface area (Å²) in [5.41, 5.74) is 4.83. The van der Waals surface area contributed by atoms with Gasteiger partial charge in [0.15, 0.2) is 0 Å². The van der Waals surface area contributed by atoms with E-state index in [9.17, 15) is 29.8 Å². The van der Waals surface area contributed by atoms with E-state index in [0.29, 0.717) is 6.07 Å². The molecule has 0 bridgehead atoms. The molecule has 2 rings (SSSR count). The molecule has 0 radical (unpaired) electrons. The maximum atomic E-state index is 11.5. The molecule has 2 aromatic rings. The van der Waals surface area contributed by atoms with E-state index >= 15 is 0 Å². The summed E-state index contributed by atoms with van der Waals surface area (Å²) in [5.74, 6) is 0. The van der Waals surface area contributed by atoms with Crippen LogP contribution < -0.4 is 5.73 Å². The summed E-state index contributed by atoms with van der Waals surface area (Å²) in [6.45, 7) is 0. The topological polar surface area (TPSA) is 189 Å². The summed E-state index contributed by atoms with van der Waals surface area (Å²) >= 11 is 0. The Morgan fingerprint density at radius 1 is 0.739 bits per heavy atom. The lowest BCUT2D eigenvalue weighted by atomic mass is 10.1. The Morgan fingerprint density at radius 3 is 1.70 bits per heavy atom. The van der Waals surface area contributed by atoms with E-state index in [4.69, 9.17) is 14.8 Å². The van der Waals surface area contributed by atoms with Crippen LogP contribution in [0.1, 0.15) is 0 Å². The average Bonchev–Trinajstić information content (AvgIpc) is 2.34. The van der Waals surface area contributed by atoms with Crippen molar-refractivity contribution in [1.82, 2.24) is 0 Å². The number of fused-ring (bicyclic) bond motifs is 1. The minimum Gasteiger partial charge on any atom is -0.397 e. The molecule has 5 N–H and O–H groups in total. The van der Waals surface area contributed by atoms with Gasteiger partial charge >= 0.3 is 0 Å². The van der Waals surface area contributed by atoms with Crippen LogP contribution in [0.4, 0.5) is 5.69 Å². The fourth-order valence-corrected chi connectivity index (χ4v) is 3.99. The highest BCUT2D eigenvalue weighted by Crippen LogP contribution is 2.35. The molecule has 0 saturated carbocycles. The molecular formula is C10H9NO9S3. The number of hydrogen-bond acceptors (Lipinski definition) is 7. The van der Waals surface area contributed by atoms with Crippen molar-refractivity contribution in [3.63, 3.8) is 0 Å². The van der Waals surface area contributed by atoms with Crippen LogP contribution in [0.5, 0.6) is 0 Å². The summed E-state index contributed by atoms with van der Waals surface area (Å²) in [7, 11) is -14.6. The van der Waals surface area contributed by atoms with Crippen molar-refractivity contribution < 1.29 is 38.9 Å². The second-order valence-corrected chi connectivity index (χ2v) is 8.62. The number of nitrogens with two attached hydrogens (primary N) is 1. The lowest BCUT2D eigenvalue weighted by Gasteiger charge is -2.11. The first-order valence-electron chi connectivity index (χ1n) is 5.51. The van der Waals surface area contributed by atoms with Gasteiger partial charge in [0, 0.05) is 5.39 Å². The molecule has 0 spiro atoms. The lowest BCUT2D eigenvalue weighted by Crippen LogP contribution is -2.08. The molecule has 0 unspecified atom stereocenters. The van der Waals surface area contributed by atoms with Crippen molar-refractivity contribution in [2.24, 2.45) is 0 Å². The molecular weight excluding hydrogens is 374 g/mol. The lowest BCUT2D eigenvalue weighted by molar-refractivity contribution is 0.478. The highest BCUT2D eigenvalue weighted by atomic mass is 32.2. The van der Waals surface area contributed by atoms with Crippen molar-refractivity contribution in [2.75, 3.05) is 5.73 Å². The van der Waals surface area contributed by atoms with Crippen LogP contribution in [-0.4, -0.2) is 38.9 Å². The molecule has 0 aliphatic carbocycles. The fraction of sp³-hybridized carbons (Fsp3) is 0. The second-order valence-electron chi connectivity index (χ2n) is 4.42. The van der Waals surface area contributed by atoms with E-state index in [0.717, 1.165) is 18.2 Å².